The van der Waals surface area contributed by atoms with E-state index in [4.69, 9.17) is 6.42 Å². The SMILES string of the molecule is C#Cc1cnc(C)c([N+](=O)[O-])c1. The fourth-order valence-electron chi connectivity index (χ4n) is 0.785. The standard InChI is InChI=1S/C8H6N2O2/c1-3-7-4-8(10(11)12)6(2)9-5-7/h1,4-5H,2H3. The van der Waals surface area contributed by atoms with Crippen LogP contribution in [0.15, 0.2) is 12.3 Å². The summed E-state index contributed by atoms with van der Waals surface area (Å²) in [7, 11) is 0. The molecule has 0 aliphatic heterocycles. The largest absolute Gasteiger partial charge is 0.291 e. The van der Waals surface area contributed by atoms with Gasteiger partial charge in [0.2, 0.25) is 0 Å². The number of terminal acetylenes is 1. The molecule has 60 valence electrons. The molecule has 4 nitrogen and oxygen atoms in total. The number of nitrogens with zero attached hydrogens (tertiary/aromatic N) is 2. The molecule has 0 bridgehead atoms. The Labute approximate surface area is 69.4 Å². The highest BCUT2D eigenvalue weighted by atomic mass is 16.6. The summed E-state index contributed by atoms with van der Waals surface area (Å²) in [6, 6.07) is 1.34. The van der Waals surface area contributed by atoms with Crippen molar-refractivity contribution in [2.75, 3.05) is 0 Å². The number of aryl methyl sites for hydroxylation is 1. The van der Waals surface area contributed by atoms with E-state index in [-0.39, 0.29) is 5.69 Å². The Morgan fingerprint density at radius 1 is 1.75 bits per heavy atom. The molecule has 0 radical (unpaired) electrons. The predicted molar refractivity (Wildman–Crippen MR) is 43.6 cm³/mol. The summed E-state index contributed by atoms with van der Waals surface area (Å²) in [6.07, 6.45) is 6.49. The van der Waals surface area contributed by atoms with Gasteiger partial charge in [0.1, 0.15) is 5.69 Å². The Kier molecular flexibility index (Phi) is 2.06. The minimum Gasteiger partial charge on any atom is -0.258 e. The first-order chi connectivity index (χ1) is 5.65. The molecule has 0 atom stereocenters. The van der Waals surface area contributed by atoms with Crippen molar-refractivity contribution in [3.05, 3.63) is 33.6 Å². The second-order valence-corrected chi connectivity index (χ2v) is 2.23. The fraction of sp³-hybridized carbons (Fsp3) is 0.125. The van der Waals surface area contributed by atoms with Gasteiger partial charge in [-0.3, -0.25) is 15.1 Å². The van der Waals surface area contributed by atoms with E-state index in [0.717, 1.165) is 0 Å². The third-order valence-electron chi connectivity index (χ3n) is 1.42. The molecule has 0 aliphatic rings. The molecule has 0 spiro atoms. The molecule has 0 saturated carbocycles. The lowest BCUT2D eigenvalue weighted by molar-refractivity contribution is -0.385. The maximum Gasteiger partial charge on any atom is 0.291 e. The molecule has 0 N–H and O–H groups in total. The number of aromatic nitrogens is 1. The lowest BCUT2D eigenvalue weighted by Crippen LogP contribution is -1.94. The van der Waals surface area contributed by atoms with Crippen LogP contribution in [0, 0.1) is 29.4 Å². The Hall–Kier alpha value is -1.89. The van der Waals surface area contributed by atoms with Crippen LogP contribution in [-0.4, -0.2) is 9.91 Å². The van der Waals surface area contributed by atoms with Crippen LogP contribution in [0.1, 0.15) is 11.3 Å². The Morgan fingerprint density at radius 3 is 2.92 bits per heavy atom. The highest BCUT2D eigenvalue weighted by Gasteiger charge is 2.10. The zero-order chi connectivity index (χ0) is 9.14. The quantitative estimate of drug-likeness (QED) is 0.355. The number of hydrogen-bond donors (Lipinski definition) is 0. The molecule has 1 heterocycles. The van der Waals surface area contributed by atoms with Gasteiger partial charge in [-0.05, 0) is 6.92 Å². The smallest absolute Gasteiger partial charge is 0.258 e. The minimum absolute atomic E-state index is 0.0366. The van der Waals surface area contributed by atoms with E-state index in [0.29, 0.717) is 11.3 Å². The molecule has 1 aromatic rings. The highest BCUT2D eigenvalue weighted by Crippen LogP contribution is 2.15. The van der Waals surface area contributed by atoms with Crippen LogP contribution in [0.5, 0.6) is 0 Å². The Balaban J connectivity index is 3.28. The highest BCUT2D eigenvalue weighted by molar-refractivity contribution is 5.42. The normalized spacial score (nSPS) is 9.00. The van der Waals surface area contributed by atoms with E-state index in [1.54, 1.807) is 6.92 Å². The van der Waals surface area contributed by atoms with Gasteiger partial charge in [-0.2, -0.15) is 0 Å². The molecule has 12 heavy (non-hydrogen) atoms. The van der Waals surface area contributed by atoms with E-state index in [9.17, 15) is 10.1 Å². The summed E-state index contributed by atoms with van der Waals surface area (Å²) in [6.45, 7) is 1.57. The molecule has 4 heteroatoms. The van der Waals surface area contributed by atoms with Crippen LogP contribution in [0.2, 0.25) is 0 Å². The van der Waals surface area contributed by atoms with Crippen molar-refractivity contribution in [1.29, 1.82) is 0 Å². The van der Waals surface area contributed by atoms with E-state index in [2.05, 4.69) is 10.9 Å². The third kappa shape index (κ3) is 1.40. The van der Waals surface area contributed by atoms with Gasteiger partial charge in [0.25, 0.3) is 5.69 Å². The fourth-order valence-corrected chi connectivity index (χ4v) is 0.785. The van der Waals surface area contributed by atoms with Gasteiger partial charge in [-0.25, -0.2) is 0 Å². The monoisotopic (exact) mass is 162 g/mol. The predicted octanol–water partition coefficient (Wildman–Crippen LogP) is 1.28. The summed E-state index contributed by atoms with van der Waals surface area (Å²) < 4.78 is 0. The van der Waals surface area contributed by atoms with E-state index < -0.39 is 4.92 Å². The summed E-state index contributed by atoms with van der Waals surface area (Å²) in [5, 5.41) is 10.4. The molecule has 0 aromatic carbocycles. The lowest BCUT2D eigenvalue weighted by Gasteiger charge is -1.95. The van der Waals surface area contributed by atoms with Crippen molar-refractivity contribution in [1.82, 2.24) is 4.98 Å². The average molecular weight is 162 g/mol. The second-order valence-electron chi connectivity index (χ2n) is 2.23. The van der Waals surface area contributed by atoms with Crippen LogP contribution in [0.4, 0.5) is 5.69 Å². The molecule has 0 aliphatic carbocycles. The molecular formula is C8H6N2O2. The van der Waals surface area contributed by atoms with Gasteiger partial charge in [0.15, 0.2) is 0 Å². The molecule has 0 saturated heterocycles. The van der Waals surface area contributed by atoms with Crippen LogP contribution in [-0.2, 0) is 0 Å². The maximum atomic E-state index is 10.4. The summed E-state index contributed by atoms with van der Waals surface area (Å²) in [5.74, 6) is 2.28. The minimum atomic E-state index is -0.497. The van der Waals surface area contributed by atoms with Gasteiger partial charge in [0.05, 0.1) is 4.92 Å². The van der Waals surface area contributed by atoms with Gasteiger partial charge < -0.3 is 0 Å². The first kappa shape index (κ1) is 8.21. The Morgan fingerprint density at radius 2 is 2.42 bits per heavy atom. The zero-order valence-corrected chi connectivity index (χ0v) is 6.44. The van der Waals surface area contributed by atoms with Gasteiger partial charge in [0, 0.05) is 17.8 Å². The van der Waals surface area contributed by atoms with Crippen molar-refractivity contribution in [2.24, 2.45) is 0 Å². The Bertz CT molecular complexity index is 366. The molecule has 0 amide bonds. The molecular weight excluding hydrogens is 156 g/mol. The van der Waals surface area contributed by atoms with Crippen molar-refractivity contribution < 1.29 is 4.92 Å². The first-order valence-corrected chi connectivity index (χ1v) is 3.23. The number of hydrogen-bond acceptors (Lipinski definition) is 3. The summed E-state index contributed by atoms with van der Waals surface area (Å²) in [4.78, 5) is 13.7. The topological polar surface area (TPSA) is 56.0 Å². The van der Waals surface area contributed by atoms with Crippen molar-refractivity contribution in [3.8, 4) is 12.3 Å². The van der Waals surface area contributed by atoms with E-state index in [1.165, 1.54) is 12.3 Å². The zero-order valence-electron chi connectivity index (χ0n) is 6.44. The molecule has 0 fully saturated rings. The van der Waals surface area contributed by atoms with Crippen molar-refractivity contribution >= 4 is 5.69 Å². The summed E-state index contributed by atoms with van der Waals surface area (Å²) in [5.41, 5.74) is 0.761. The van der Waals surface area contributed by atoms with Crippen LogP contribution in [0.25, 0.3) is 0 Å². The van der Waals surface area contributed by atoms with E-state index in [1.807, 2.05) is 0 Å². The number of rotatable bonds is 1. The molecule has 0 unspecified atom stereocenters. The number of pyridine rings is 1. The van der Waals surface area contributed by atoms with Crippen LogP contribution >= 0.6 is 0 Å². The van der Waals surface area contributed by atoms with E-state index >= 15 is 0 Å². The average Bonchev–Trinajstić information content (AvgIpc) is 2.05. The lowest BCUT2D eigenvalue weighted by atomic mass is 10.2. The van der Waals surface area contributed by atoms with Crippen molar-refractivity contribution in [2.45, 2.75) is 6.92 Å². The van der Waals surface area contributed by atoms with Gasteiger partial charge >= 0.3 is 0 Å². The number of nitro groups is 1. The van der Waals surface area contributed by atoms with Crippen molar-refractivity contribution in [3.63, 3.8) is 0 Å². The second kappa shape index (κ2) is 3.01. The molecule has 1 aromatic heterocycles. The maximum absolute atomic E-state index is 10.4. The van der Waals surface area contributed by atoms with Crippen LogP contribution in [0.3, 0.4) is 0 Å². The molecule has 1 rings (SSSR count). The third-order valence-corrected chi connectivity index (χ3v) is 1.42. The van der Waals surface area contributed by atoms with Crippen LogP contribution < -0.4 is 0 Å². The van der Waals surface area contributed by atoms with Gasteiger partial charge in [-0.15, -0.1) is 6.42 Å². The first-order valence-electron chi connectivity index (χ1n) is 3.23. The summed E-state index contributed by atoms with van der Waals surface area (Å²) >= 11 is 0. The van der Waals surface area contributed by atoms with Gasteiger partial charge in [-0.1, -0.05) is 5.92 Å².